The summed E-state index contributed by atoms with van der Waals surface area (Å²) in [6.45, 7) is 0.274. The predicted molar refractivity (Wildman–Crippen MR) is 61.2 cm³/mol. The Bertz CT molecular complexity index is 444. The highest BCUT2D eigenvalue weighted by atomic mass is 16.3. The molecule has 88 valence electrons. The molecule has 0 aromatic heterocycles. The molecule has 1 aromatic rings. The number of amides is 2. The molecule has 17 heavy (non-hydrogen) atoms. The van der Waals surface area contributed by atoms with Gasteiger partial charge in [-0.15, -0.1) is 4.91 Å². The van der Waals surface area contributed by atoms with Gasteiger partial charge in [0.05, 0.1) is 0 Å². The third-order valence-corrected chi connectivity index (χ3v) is 2.91. The van der Waals surface area contributed by atoms with Gasteiger partial charge in [0.1, 0.15) is 6.54 Å². The van der Waals surface area contributed by atoms with Gasteiger partial charge in [-0.05, 0) is 5.56 Å². The maximum atomic E-state index is 11.6. The topological polar surface area (TPSA) is 66.8 Å². The lowest BCUT2D eigenvalue weighted by molar-refractivity contribution is -0.131. The number of hydrogen-bond donors (Lipinski definition) is 0. The molecule has 1 aromatic carbocycles. The normalized spacial score (nSPS) is 19.4. The molecule has 1 fully saturated rings. The SMILES string of the molecule is O=NC(=O)CN1CC(c2ccccc2)CC1=O. The first-order chi connectivity index (χ1) is 8.20. The number of benzene rings is 1. The maximum absolute atomic E-state index is 11.6. The van der Waals surface area contributed by atoms with Gasteiger partial charge in [0.15, 0.2) is 0 Å². The van der Waals surface area contributed by atoms with E-state index in [1.165, 1.54) is 4.90 Å². The van der Waals surface area contributed by atoms with Gasteiger partial charge >= 0.3 is 5.91 Å². The largest absolute Gasteiger partial charge is 0.333 e. The van der Waals surface area contributed by atoms with Crippen molar-refractivity contribution in [2.24, 2.45) is 5.18 Å². The summed E-state index contributed by atoms with van der Waals surface area (Å²) in [4.78, 5) is 33.9. The third kappa shape index (κ3) is 2.55. The third-order valence-electron chi connectivity index (χ3n) is 2.91. The monoisotopic (exact) mass is 232 g/mol. The summed E-state index contributed by atoms with van der Waals surface area (Å²) in [5.41, 5.74) is 1.08. The van der Waals surface area contributed by atoms with E-state index in [0.717, 1.165) is 5.56 Å². The highest BCUT2D eigenvalue weighted by molar-refractivity contribution is 5.86. The number of carbonyl (C=O) groups is 2. The van der Waals surface area contributed by atoms with Crippen LogP contribution in [0.3, 0.4) is 0 Å². The zero-order chi connectivity index (χ0) is 12.3. The van der Waals surface area contributed by atoms with Crippen LogP contribution in [-0.4, -0.2) is 29.8 Å². The highest BCUT2D eigenvalue weighted by Crippen LogP contribution is 2.27. The Hall–Kier alpha value is -2.04. The van der Waals surface area contributed by atoms with Crippen molar-refractivity contribution in [1.82, 2.24) is 4.90 Å². The molecular formula is C12H12N2O3. The van der Waals surface area contributed by atoms with Gasteiger partial charge in [-0.1, -0.05) is 30.3 Å². The molecule has 0 N–H and O–H groups in total. The van der Waals surface area contributed by atoms with Gasteiger partial charge in [-0.3, -0.25) is 9.59 Å². The first-order valence-electron chi connectivity index (χ1n) is 5.39. The van der Waals surface area contributed by atoms with Crippen LogP contribution in [-0.2, 0) is 9.59 Å². The van der Waals surface area contributed by atoms with Gasteiger partial charge in [0.2, 0.25) is 5.91 Å². The lowest BCUT2D eigenvalue weighted by Crippen LogP contribution is -2.30. The Labute approximate surface area is 98.4 Å². The fourth-order valence-corrected chi connectivity index (χ4v) is 2.07. The molecule has 5 nitrogen and oxygen atoms in total. The molecule has 2 rings (SSSR count). The van der Waals surface area contributed by atoms with Crippen molar-refractivity contribution in [3.05, 3.63) is 40.8 Å². The van der Waals surface area contributed by atoms with E-state index in [-0.39, 0.29) is 18.4 Å². The van der Waals surface area contributed by atoms with Crippen LogP contribution in [0.5, 0.6) is 0 Å². The van der Waals surface area contributed by atoms with E-state index in [4.69, 9.17) is 0 Å². The van der Waals surface area contributed by atoms with Crippen LogP contribution in [0.4, 0.5) is 0 Å². The molecule has 0 saturated carbocycles. The summed E-state index contributed by atoms with van der Waals surface area (Å²) in [7, 11) is 0. The summed E-state index contributed by atoms with van der Waals surface area (Å²) < 4.78 is 0. The summed E-state index contributed by atoms with van der Waals surface area (Å²) in [5.74, 6) is -0.800. The van der Waals surface area contributed by atoms with Gasteiger partial charge < -0.3 is 4.90 Å². The molecule has 1 saturated heterocycles. The first kappa shape index (κ1) is 11.4. The Morgan fingerprint density at radius 2 is 2.06 bits per heavy atom. The van der Waals surface area contributed by atoms with Crippen LogP contribution >= 0.6 is 0 Å². The van der Waals surface area contributed by atoms with E-state index in [2.05, 4.69) is 5.18 Å². The van der Waals surface area contributed by atoms with Crippen LogP contribution < -0.4 is 0 Å². The van der Waals surface area contributed by atoms with Crippen molar-refractivity contribution in [2.75, 3.05) is 13.1 Å². The molecule has 1 atom stereocenters. The fourth-order valence-electron chi connectivity index (χ4n) is 2.07. The van der Waals surface area contributed by atoms with Gasteiger partial charge in [0.25, 0.3) is 0 Å². The van der Waals surface area contributed by atoms with E-state index in [1.54, 1.807) is 0 Å². The van der Waals surface area contributed by atoms with E-state index >= 15 is 0 Å². The second-order valence-electron chi connectivity index (χ2n) is 4.07. The maximum Gasteiger partial charge on any atom is 0.305 e. The minimum absolute atomic E-state index is 0.100. The highest BCUT2D eigenvalue weighted by Gasteiger charge is 2.31. The summed E-state index contributed by atoms with van der Waals surface area (Å²) in [6, 6.07) is 9.67. The summed E-state index contributed by atoms with van der Waals surface area (Å²) in [6.07, 6.45) is 0.385. The molecule has 0 radical (unpaired) electrons. The Morgan fingerprint density at radius 1 is 1.35 bits per heavy atom. The zero-order valence-corrected chi connectivity index (χ0v) is 9.20. The van der Waals surface area contributed by atoms with E-state index in [1.807, 2.05) is 30.3 Å². The number of likely N-dealkylation sites (tertiary alicyclic amines) is 1. The molecule has 1 unspecified atom stereocenters. The standard InChI is InChI=1S/C12H12N2O3/c15-11(13-17)8-14-7-10(6-12(14)16)9-4-2-1-3-5-9/h1-5,10H,6-8H2. The van der Waals surface area contributed by atoms with Crippen LogP contribution in [0.1, 0.15) is 17.9 Å². The molecule has 1 aliphatic heterocycles. The smallest absolute Gasteiger partial charge is 0.305 e. The Morgan fingerprint density at radius 3 is 2.71 bits per heavy atom. The fraction of sp³-hybridized carbons (Fsp3) is 0.333. The van der Waals surface area contributed by atoms with E-state index < -0.39 is 5.91 Å². The Balaban J connectivity index is 2.05. The zero-order valence-electron chi connectivity index (χ0n) is 9.20. The summed E-state index contributed by atoms with van der Waals surface area (Å²) in [5, 5.41) is 2.30. The van der Waals surface area contributed by atoms with Crippen molar-refractivity contribution >= 4 is 11.8 Å². The average Bonchev–Trinajstić information content (AvgIpc) is 2.72. The van der Waals surface area contributed by atoms with Crippen LogP contribution in [0.2, 0.25) is 0 Å². The molecule has 0 bridgehead atoms. The van der Waals surface area contributed by atoms with Crippen LogP contribution in [0, 0.1) is 4.91 Å². The van der Waals surface area contributed by atoms with Gasteiger partial charge in [-0.2, -0.15) is 0 Å². The number of carbonyl (C=O) groups excluding carboxylic acids is 2. The predicted octanol–water partition coefficient (Wildman–Crippen LogP) is 1.30. The van der Waals surface area contributed by atoms with Gasteiger partial charge in [0, 0.05) is 24.1 Å². The summed E-state index contributed by atoms with van der Waals surface area (Å²) >= 11 is 0. The molecule has 5 heteroatoms. The minimum Gasteiger partial charge on any atom is -0.333 e. The lowest BCUT2D eigenvalue weighted by atomic mass is 9.99. The number of nitroso groups, excluding NO2 is 1. The van der Waals surface area contributed by atoms with E-state index in [9.17, 15) is 14.5 Å². The first-order valence-corrected chi connectivity index (χ1v) is 5.39. The average molecular weight is 232 g/mol. The van der Waals surface area contributed by atoms with Gasteiger partial charge in [-0.25, -0.2) is 0 Å². The van der Waals surface area contributed by atoms with Crippen LogP contribution in [0.15, 0.2) is 35.5 Å². The second-order valence-corrected chi connectivity index (χ2v) is 4.07. The number of rotatable bonds is 3. The molecular weight excluding hydrogens is 220 g/mol. The Kier molecular flexibility index (Phi) is 3.27. The van der Waals surface area contributed by atoms with Crippen LogP contribution in [0.25, 0.3) is 0 Å². The van der Waals surface area contributed by atoms with E-state index in [0.29, 0.717) is 13.0 Å². The lowest BCUT2D eigenvalue weighted by Gasteiger charge is -2.13. The number of hydrogen-bond acceptors (Lipinski definition) is 3. The van der Waals surface area contributed by atoms with Crippen molar-refractivity contribution in [1.29, 1.82) is 0 Å². The van der Waals surface area contributed by atoms with Crippen molar-refractivity contribution in [3.63, 3.8) is 0 Å². The van der Waals surface area contributed by atoms with Crippen molar-refractivity contribution in [2.45, 2.75) is 12.3 Å². The number of nitrogens with zero attached hydrogens (tertiary/aromatic N) is 2. The molecule has 2 amide bonds. The molecule has 0 spiro atoms. The quantitative estimate of drug-likeness (QED) is 0.737. The molecule has 1 heterocycles. The van der Waals surface area contributed by atoms with Crippen molar-refractivity contribution < 1.29 is 9.59 Å². The molecule has 1 aliphatic rings. The second kappa shape index (κ2) is 4.86. The molecule has 0 aliphatic carbocycles. The minimum atomic E-state index is -0.799. The van der Waals surface area contributed by atoms with Crippen molar-refractivity contribution in [3.8, 4) is 0 Å².